The van der Waals surface area contributed by atoms with Gasteiger partial charge in [0.1, 0.15) is 0 Å². The zero-order chi connectivity index (χ0) is 13.0. The van der Waals surface area contributed by atoms with Crippen LogP contribution < -0.4 is 0 Å². The van der Waals surface area contributed by atoms with Crippen LogP contribution in [0.25, 0.3) is 0 Å². The zero-order valence-electron chi connectivity index (χ0n) is 11.3. The Kier molecular flexibility index (Phi) is 3.98. The van der Waals surface area contributed by atoms with Gasteiger partial charge in [-0.2, -0.15) is 4.99 Å². The molecule has 0 radical (unpaired) electrons. The number of isocyanates is 1. The number of carbonyl (C=O) groups excluding carboxylic acids is 1. The third-order valence-electron chi connectivity index (χ3n) is 4.32. The molecular weight excluding hydrogens is 222 g/mol. The summed E-state index contributed by atoms with van der Waals surface area (Å²) in [6.07, 6.45) is 7.18. The molecule has 0 N–H and O–H groups in total. The number of aliphatic imine (C=N–C) groups is 1. The van der Waals surface area contributed by atoms with Crippen molar-refractivity contribution in [1.82, 2.24) is 0 Å². The summed E-state index contributed by atoms with van der Waals surface area (Å²) in [5.41, 5.74) is 2.26. The lowest BCUT2D eigenvalue weighted by atomic mass is 9.87. The molecule has 0 amide bonds. The van der Waals surface area contributed by atoms with Gasteiger partial charge in [-0.05, 0) is 36.3 Å². The van der Waals surface area contributed by atoms with Crippen molar-refractivity contribution in [2.45, 2.75) is 57.4 Å². The Balaban J connectivity index is 2.30. The molecule has 0 saturated heterocycles. The monoisotopic (exact) mass is 243 g/mol. The summed E-state index contributed by atoms with van der Waals surface area (Å²) >= 11 is 0. The van der Waals surface area contributed by atoms with E-state index in [1.165, 1.54) is 11.1 Å². The Labute approximate surface area is 109 Å². The molecule has 18 heavy (non-hydrogen) atoms. The second-order valence-electron chi connectivity index (χ2n) is 5.37. The molecule has 0 aromatic heterocycles. The smallest absolute Gasteiger partial charge is 0.211 e. The molecule has 0 bridgehead atoms. The fraction of sp³-hybridized carbons (Fsp3) is 0.562. The molecule has 0 heterocycles. The van der Waals surface area contributed by atoms with Crippen molar-refractivity contribution in [2.24, 2.45) is 4.99 Å². The standard InChI is InChI=1S/C16H21NO/c1-3-13(2)14-6-8-15(9-7-14)16(17-12-18)10-4-5-11-16/h6-9,13H,3-5,10-11H2,1-2H3. The SMILES string of the molecule is CCC(C)c1ccc(C2(N=C=O)CCCC2)cc1. The van der Waals surface area contributed by atoms with Gasteiger partial charge in [-0.3, -0.25) is 0 Å². The molecule has 0 aliphatic heterocycles. The highest BCUT2D eigenvalue weighted by Gasteiger charge is 2.35. The molecule has 1 aliphatic rings. The molecule has 2 rings (SSSR count). The van der Waals surface area contributed by atoms with Gasteiger partial charge in [0.25, 0.3) is 0 Å². The largest absolute Gasteiger partial charge is 0.235 e. The van der Waals surface area contributed by atoms with Crippen LogP contribution in [0, 0.1) is 0 Å². The van der Waals surface area contributed by atoms with Crippen LogP contribution >= 0.6 is 0 Å². The van der Waals surface area contributed by atoms with Gasteiger partial charge < -0.3 is 0 Å². The number of nitrogens with zero attached hydrogens (tertiary/aromatic N) is 1. The normalized spacial score (nSPS) is 19.2. The maximum atomic E-state index is 10.7. The summed E-state index contributed by atoms with van der Waals surface area (Å²) < 4.78 is 0. The van der Waals surface area contributed by atoms with Crippen LogP contribution in [0.4, 0.5) is 0 Å². The highest BCUT2D eigenvalue weighted by atomic mass is 16.1. The molecule has 2 heteroatoms. The lowest BCUT2D eigenvalue weighted by Crippen LogP contribution is -2.18. The van der Waals surface area contributed by atoms with Gasteiger partial charge in [-0.1, -0.05) is 51.0 Å². The van der Waals surface area contributed by atoms with Crippen LogP contribution in [0.3, 0.4) is 0 Å². The van der Waals surface area contributed by atoms with Gasteiger partial charge >= 0.3 is 0 Å². The molecule has 1 aromatic rings. The van der Waals surface area contributed by atoms with Crippen LogP contribution in [-0.2, 0) is 10.3 Å². The molecule has 1 aliphatic carbocycles. The van der Waals surface area contributed by atoms with Crippen molar-refractivity contribution < 1.29 is 4.79 Å². The minimum absolute atomic E-state index is 0.282. The maximum Gasteiger partial charge on any atom is 0.235 e. The second-order valence-corrected chi connectivity index (χ2v) is 5.37. The third-order valence-corrected chi connectivity index (χ3v) is 4.32. The Morgan fingerprint density at radius 3 is 2.39 bits per heavy atom. The van der Waals surface area contributed by atoms with E-state index in [1.54, 1.807) is 6.08 Å². The number of hydrogen-bond donors (Lipinski definition) is 0. The van der Waals surface area contributed by atoms with Gasteiger partial charge in [-0.25, -0.2) is 4.79 Å². The van der Waals surface area contributed by atoms with Crippen molar-refractivity contribution in [2.75, 3.05) is 0 Å². The maximum absolute atomic E-state index is 10.7. The molecular formula is C16H21NO. The lowest BCUT2D eigenvalue weighted by Gasteiger charge is -2.23. The van der Waals surface area contributed by atoms with Crippen molar-refractivity contribution in [3.63, 3.8) is 0 Å². The predicted molar refractivity (Wildman–Crippen MR) is 73.4 cm³/mol. The van der Waals surface area contributed by atoms with Crippen molar-refractivity contribution >= 4 is 6.08 Å². The average Bonchev–Trinajstić information content (AvgIpc) is 2.88. The van der Waals surface area contributed by atoms with Gasteiger partial charge in [0.2, 0.25) is 6.08 Å². The first-order chi connectivity index (χ1) is 8.72. The molecule has 1 aromatic carbocycles. The summed E-state index contributed by atoms with van der Waals surface area (Å²) in [7, 11) is 0. The Bertz CT molecular complexity index is 437. The minimum Gasteiger partial charge on any atom is -0.211 e. The average molecular weight is 243 g/mol. The summed E-state index contributed by atoms with van der Waals surface area (Å²) in [5.74, 6) is 0.591. The van der Waals surface area contributed by atoms with Gasteiger partial charge in [0.05, 0.1) is 5.54 Å². The topological polar surface area (TPSA) is 29.4 Å². The summed E-state index contributed by atoms with van der Waals surface area (Å²) in [6, 6.07) is 8.66. The first-order valence-electron chi connectivity index (χ1n) is 6.91. The van der Waals surface area contributed by atoms with E-state index < -0.39 is 0 Å². The summed E-state index contributed by atoms with van der Waals surface area (Å²) in [4.78, 5) is 14.8. The molecule has 2 nitrogen and oxygen atoms in total. The van der Waals surface area contributed by atoms with Gasteiger partial charge in [-0.15, -0.1) is 0 Å². The van der Waals surface area contributed by atoms with E-state index in [0.717, 1.165) is 32.1 Å². The summed E-state index contributed by atoms with van der Waals surface area (Å²) in [6.45, 7) is 4.44. The Morgan fingerprint density at radius 2 is 1.89 bits per heavy atom. The van der Waals surface area contributed by atoms with Crippen LogP contribution in [0.15, 0.2) is 29.3 Å². The number of hydrogen-bond acceptors (Lipinski definition) is 2. The molecule has 96 valence electrons. The van der Waals surface area contributed by atoms with Crippen LogP contribution in [-0.4, -0.2) is 6.08 Å². The van der Waals surface area contributed by atoms with Crippen LogP contribution in [0.2, 0.25) is 0 Å². The first kappa shape index (κ1) is 13.0. The van der Waals surface area contributed by atoms with E-state index in [-0.39, 0.29) is 5.54 Å². The highest BCUT2D eigenvalue weighted by molar-refractivity contribution is 5.39. The van der Waals surface area contributed by atoms with Crippen molar-refractivity contribution in [3.8, 4) is 0 Å². The van der Waals surface area contributed by atoms with Crippen molar-refractivity contribution in [1.29, 1.82) is 0 Å². The third kappa shape index (κ3) is 2.39. The van der Waals surface area contributed by atoms with Crippen molar-refractivity contribution in [3.05, 3.63) is 35.4 Å². The van der Waals surface area contributed by atoms with E-state index in [4.69, 9.17) is 0 Å². The van der Waals surface area contributed by atoms with Crippen LogP contribution in [0.1, 0.15) is 63.0 Å². The van der Waals surface area contributed by atoms with E-state index in [9.17, 15) is 4.79 Å². The lowest BCUT2D eigenvalue weighted by molar-refractivity contribution is 0.455. The van der Waals surface area contributed by atoms with Gasteiger partial charge in [0.15, 0.2) is 0 Å². The van der Waals surface area contributed by atoms with E-state index in [1.807, 2.05) is 0 Å². The predicted octanol–water partition coefficient (Wildman–Crippen LogP) is 4.31. The van der Waals surface area contributed by atoms with E-state index in [2.05, 4.69) is 43.1 Å². The number of benzene rings is 1. The molecule has 1 atom stereocenters. The quantitative estimate of drug-likeness (QED) is 0.572. The fourth-order valence-corrected chi connectivity index (χ4v) is 2.87. The first-order valence-corrected chi connectivity index (χ1v) is 6.91. The zero-order valence-corrected chi connectivity index (χ0v) is 11.3. The highest BCUT2D eigenvalue weighted by Crippen LogP contribution is 2.42. The molecule has 1 fully saturated rings. The number of rotatable bonds is 4. The summed E-state index contributed by atoms with van der Waals surface area (Å²) in [5, 5.41) is 0. The molecule has 1 unspecified atom stereocenters. The second kappa shape index (κ2) is 5.49. The molecule has 1 saturated carbocycles. The van der Waals surface area contributed by atoms with E-state index >= 15 is 0 Å². The Hall–Kier alpha value is -1.40. The fourth-order valence-electron chi connectivity index (χ4n) is 2.87. The molecule has 0 spiro atoms. The van der Waals surface area contributed by atoms with Crippen LogP contribution in [0.5, 0.6) is 0 Å². The minimum atomic E-state index is -0.282. The van der Waals surface area contributed by atoms with Gasteiger partial charge in [0, 0.05) is 0 Å². The van der Waals surface area contributed by atoms with E-state index in [0.29, 0.717) is 5.92 Å². The Morgan fingerprint density at radius 1 is 1.28 bits per heavy atom.